The van der Waals surface area contributed by atoms with Gasteiger partial charge in [-0.2, -0.15) is 5.10 Å². The molecule has 12 heteroatoms. The molecule has 1 saturated heterocycles. The molecule has 0 spiro atoms. The highest BCUT2D eigenvalue weighted by atomic mass is 33.1. The van der Waals surface area contributed by atoms with Gasteiger partial charge in [-0.25, -0.2) is 10.4 Å². The molecule has 0 unspecified atom stereocenters. The van der Waals surface area contributed by atoms with Crippen LogP contribution in [0.1, 0.15) is 238 Å². The minimum absolute atomic E-state index is 0.0741. The van der Waals surface area contributed by atoms with Crippen LogP contribution in [0.3, 0.4) is 0 Å². The number of hydrogen-bond donors (Lipinski definition) is 2. The highest BCUT2D eigenvalue weighted by Crippen LogP contribution is 2.35. The third-order valence-electron chi connectivity index (χ3n) is 14.4. The number of likely N-dealkylation sites (N-methyl/N-ethyl adjacent to an activating group) is 1. The molecule has 0 radical (unpaired) electrons. The van der Waals surface area contributed by atoms with Crippen molar-refractivity contribution in [2.24, 2.45) is 5.10 Å². The average molecular weight is 1130 g/mol. The number of nitrogens with zero attached hydrogens (tertiary/aromatic N) is 3. The van der Waals surface area contributed by atoms with Crippen LogP contribution in [0, 0.1) is 0 Å². The van der Waals surface area contributed by atoms with Crippen molar-refractivity contribution in [3.8, 4) is 5.75 Å². The quantitative estimate of drug-likeness (QED) is 0.0220. The van der Waals surface area contributed by atoms with Crippen LogP contribution in [-0.4, -0.2) is 84.9 Å². The van der Waals surface area contributed by atoms with Gasteiger partial charge in [0.25, 0.3) is 0 Å². The first kappa shape index (κ1) is 69.6. The Morgan fingerprint density at radius 2 is 1.25 bits per heavy atom. The molecule has 79 heavy (non-hydrogen) atoms. The van der Waals surface area contributed by atoms with Crippen LogP contribution < -0.4 is 15.5 Å². The van der Waals surface area contributed by atoms with Gasteiger partial charge in [-0.3, -0.25) is 9.59 Å². The van der Waals surface area contributed by atoms with Crippen molar-refractivity contribution in [2.75, 3.05) is 45.6 Å². The lowest BCUT2D eigenvalue weighted by Crippen LogP contribution is -2.35. The molecule has 0 bridgehead atoms. The number of allylic oxidation sites excluding steroid dienone is 8. The van der Waals surface area contributed by atoms with Crippen molar-refractivity contribution in [1.82, 2.24) is 20.6 Å². The Hall–Kier alpha value is -3.68. The van der Waals surface area contributed by atoms with E-state index in [0.29, 0.717) is 50.5 Å². The Morgan fingerprint density at radius 1 is 0.684 bits per heavy atom. The number of nitrogens with one attached hydrogen (secondary N) is 2. The van der Waals surface area contributed by atoms with Crippen molar-refractivity contribution in [3.05, 3.63) is 103 Å². The van der Waals surface area contributed by atoms with Gasteiger partial charge >= 0.3 is 0 Å². The third-order valence-corrected chi connectivity index (χ3v) is 16.6. The van der Waals surface area contributed by atoms with E-state index < -0.39 is 5.79 Å². The summed E-state index contributed by atoms with van der Waals surface area (Å²) in [6.45, 7) is 10.2. The minimum Gasteiger partial charge on any atom is -0.494 e. The van der Waals surface area contributed by atoms with E-state index in [9.17, 15) is 9.59 Å². The number of hydrazone groups is 1. The Labute approximate surface area is 489 Å². The van der Waals surface area contributed by atoms with Crippen LogP contribution in [0.25, 0.3) is 0 Å². The van der Waals surface area contributed by atoms with Crippen molar-refractivity contribution >= 4 is 39.1 Å². The normalized spacial score (nSPS) is 14.7. The van der Waals surface area contributed by atoms with Gasteiger partial charge in [-0.05, 0) is 170 Å². The third kappa shape index (κ3) is 38.6. The summed E-state index contributed by atoms with van der Waals surface area (Å²) in [7, 11) is 5.38. The predicted octanol–water partition coefficient (Wildman–Crippen LogP) is 18.0. The first-order valence-corrected chi connectivity index (χ1v) is 33.8. The first-order chi connectivity index (χ1) is 38.8. The minimum atomic E-state index is -0.417. The van der Waals surface area contributed by atoms with Crippen LogP contribution in [-0.2, 0) is 19.1 Å². The summed E-state index contributed by atoms with van der Waals surface area (Å²) in [6.07, 6.45) is 58.8. The molecule has 444 valence electrons. The number of pyridine rings is 1. The number of carbonyl (C=O) groups excluding carboxylic acids is 2. The van der Waals surface area contributed by atoms with Crippen LogP contribution in [0.4, 0.5) is 0 Å². The standard InChI is InChI=1S/C67H109N5O5S2/c1-5-7-9-11-13-15-17-19-21-23-25-27-29-31-33-38-51-67(52-39-34-32-30-28-26-24-22-20-18-16-14-12-10-8-6-2)76-59-63(77-67)58-72(4)55-42-36-35-40-53-68-64(73)44-43-56-75-62-48-46-61(47-49-62)60(3)70-71-65(74)50-57-78-79-66-45-37-41-54-69-66/h13-16,19-22,37,41,45-49,54,63H,5-12,17-18,23-36,38-40,42-44,50-53,55-59H2,1-4H3,(H,68,73)(H,71,74)/b15-13-,16-14-,21-19-,22-20-,70-60+/t63-/m0/s1. The number of amides is 2. The van der Waals surface area contributed by atoms with Crippen molar-refractivity contribution in [1.29, 1.82) is 0 Å². The first-order valence-electron chi connectivity index (χ1n) is 31.5. The Balaban J connectivity index is 1.24. The average Bonchev–Trinajstić information content (AvgIpc) is 3.86. The summed E-state index contributed by atoms with van der Waals surface area (Å²) >= 11 is 0. The molecule has 2 amide bonds. The molecule has 2 aromatic rings. The van der Waals surface area contributed by atoms with Gasteiger partial charge in [-0.1, -0.05) is 169 Å². The summed E-state index contributed by atoms with van der Waals surface area (Å²) in [5.41, 5.74) is 4.27. The van der Waals surface area contributed by atoms with Crippen LogP contribution in [0.5, 0.6) is 5.75 Å². The lowest BCUT2D eigenvalue weighted by Gasteiger charge is -2.29. The van der Waals surface area contributed by atoms with Crippen LogP contribution in [0.15, 0.2) is 107 Å². The lowest BCUT2D eigenvalue weighted by atomic mass is 9.98. The molecule has 1 fully saturated rings. The van der Waals surface area contributed by atoms with E-state index >= 15 is 0 Å². The second kappa shape index (κ2) is 49.0. The summed E-state index contributed by atoms with van der Waals surface area (Å²) < 4.78 is 19.5. The maximum absolute atomic E-state index is 12.5. The fourth-order valence-electron chi connectivity index (χ4n) is 9.59. The zero-order valence-corrected chi connectivity index (χ0v) is 51.7. The molecule has 1 aliphatic heterocycles. The number of rotatable bonds is 51. The molecular weight excluding hydrogens is 1020 g/mol. The Morgan fingerprint density at radius 3 is 1.85 bits per heavy atom. The fourth-order valence-corrected chi connectivity index (χ4v) is 11.5. The van der Waals surface area contributed by atoms with E-state index in [1.54, 1.807) is 27.8 Å². The Kier molecular flexibility index (Phi) is 43.1. The second-order valence-electron chi connectivity index (χ2n) is 21.7. The van der Waals surface area contributed by atoms with Crippen molar-refractivity contribution in [2.45, 2.75) is 250 Å². The monoisotopic (exact) mass is 1130 g/mol. The largest absolute Gasteiger partial charge is 0.494 e. The van der Waals surface area contributed by atoms with E-state index in [1.165, 1.54) is 141 Å². The van der Waals surface area contributed by atoms with Gasteiger partial charge in [-0.15, -0.1) is 0 Å². The second-order valence-corrected chi connectivity index (χ2v) is 24.1. The van der Waals surface area contributed by atoms with Crippen LogP contribution >= 0.6 is 21.6 Å². The highest BCUT2D eigenvalue weighted by molar-refractivity contribution is 8.76. The van der Waals surface area contributed by atoms with E-state index in [0.717, 1.165) is 80.8 Å². The summed E-state index contributed by atoms with van der Waals surface area (Å²) in [4.78, 5) is 31.5. The van der Waals surface area contributed by atoms with Gasteiger partial charge in [0.2, 0.25) is 11.8 Å². The molecule has 1 aliphatic rings. The van der Waals surface area contributed by atoms with Gasteiger partial charge in [0, 0.05) is 50.7 Å². The smallest absolute Gasteiger partial charge is 0.240 e. The molecule has 10 nitrogen and oxygen atoms in total. The number of ether oxygens (including phenoxy) is 3. The van der Waals surface area contributed by atoms with E-state index in [1.807, 2.05) is 49.4 Å². The van der Waals surface area contributed by atoms with Gasteiger partial charge < -0.3 is 24.4 Å². The van der Waals surface area contributed by atoms with Gasteiger partial charge in [0.1, 0.15) is 10.8 Å². The number of aromatic nitrogens is 1. The van der Waals surface area contributed by atoms with Gasteiger partial charge in [0.15, 0.2) is 5.79 Å². The molecule has 3 rings (SSSR count). The predicted molar refractivity (Wildman–Crippen MR) is 339 cm³/mol. The van der Waals surface area contributed by atoms with E-state index in [4.69, 9.17) is 14.2 Å². The maximum atomic E-state index is 12.5. The SMILES string of the molecule is CCCCC/C=C\C/C=C\CCCCCCCCC1(CCCCCCCC/C=C\C/C=C\CCCCC)OC[C@H](CN(C)CCCCCCNC(=O)CCCOc2ccc(/C(C)=N/NC(=O)CCSSc3ccccn3)cc2)O1. The number of unbranched alkanes of at least 4 members (excludes halogenated alkanes) is 21. The van der Waals surface area contributed by atoms with Crippen molar-refractivity contribution < 1.29 is 23.8 Å². The van der Waals surface area contributed by atoms with E-state index in [2.05, 4.69) is 95.2 Å². The number of benzene rings is 1. The molecule has 1 atom stereocenters. The molecule has 1 aromatic carbocycles. The molecule has 0 saturated carbocycles. The zero-order chi connectivity index (χ0) is 56.4. The summed E-state index contributed by atoms with van der Waals surface area (Å²) in [5.74, 6) is 0.937. The lowest BCUT2D eigenvalue weighted by molar-refractivity contribution is -0.180. The van der Waals surface area contributed by atoms with Gasteiger partial charge in [0.05, 0.1) is 25.0 Å². The maximum Gasteiger partial charge on any atom is 0.240 e. The Bertz CT molecular complexity index is 1890. The molecule has 2 heterocycles. The number of carbonyl (C=O) groups is 2. The topological polar surface area (TPSA) is 114 Å². The molecular formula is C67H109N5O5S2. The molecule has 1 aromatic heterocycles. The molecule has 2 N–H and O–H groups in total. The summed E-state index contributed by atoms with van der Waals surface area (Å²) in [6, 6.07) is 13.4. The zero-order valence-electron chi connectivity index (χ0n) is 50.1. The van der Waals surface area contributed by atoms with Crippen molar-refractivity contribution in [3.63, 3.8) is 0 Å². The van der Waals surface area contributed by atoms with E-state index in [-0.39, 0.29) is 17.9 Å². The number of hydrogen-bond acceptors (Lipinski definition) is 10. The fraction of sp³-hybridized carbons (Fsp3) is 0.672. The highest BCUT2D eigenvalue weighted by Gasteiger charge is 2.40. The summed E-state index contributed by atoms with van der Waals surface area (Å²) in [5, 5.41) is 8.29. The molecule has 0 aliphatic carbocycles. The van der Waals surface area contributed by atoms with Crippen LogP contribution in [0.2, 0.25) is 0 Å².